The number of aromatic nitrogens is 10. The second kappa shape index (κ2) is 16.0. The van der Waals surface area contributed by atoms with Crippen LogP contribution in [0.2, 0.25) is 0 Å². The molecule has 0 unspecified atom stereocenters. The second-order valence-corrected chi connectivity index (χ2v) is 16.9. The normalized spacial score (nSPS) is 11.5. The van der Waals surface area contributed by atoms with E-state index in [-0.39, 0.29) is 0 Å². The van der Waals surface area contributed by atoms with E-state index >= 15 is 0 Å². The summed E-state index contributed by atoms with van der Waals surface area (Å²) in [6, 6.07) is 58.4. The van der Waals surface area contributed by atoms with Gasteiger partial charge in [0.25, 0.3) is 0 Å². The number of fused-ring (bicyclic) bond motifs is 6. The number of hydrogen-bond acceptors (Lipinski definition) is 9. The van der Waals surface area contributed by atoms with Gasteiger partial charge in [-0.05, 0) is 94.4 Å². The molecule has 0 aliphatic heterocycles. The van der Waals surface area contributed by atoms with Gasteiger partial charge in [-0.1, -0.05) is 97.1 Å². The van der Waals surface area contributed by atoms with Gasteiger partial charge >= 0.3 is 0 Å². The Labute approximate surface area is 390 Å². The molecule has 0 amide bonds. The summed E-state index contributed by atoms with van der Waals surface area (Å²) in [5.41, 5.74) is 11.5. The van der Waals surface area contributed by atoms with Crippen LogP contribution in [0.25, 0.3) is 112 Å². The van der Waals surface area contributed by atoms with E-state index in [0.717, 1.165) is 82.8 Å². The van der Waals surface area contributed by atoms with E-state index in [1.807, 2.05) is 107 Å². The van der Waals surface area contributed by atoms with Crippen LogP contribution in [0.5, 0.6) is 0 Å². The molecule has 0 aliphatic rings. The van der Waals surface area contributed by atoms with E-state index in [1.54, 1.807) is 0 Å². The van der Waals surface area contributed by atoms with E-state index in [0.29, 0.717) is 57.7 Å². The molecule has 0 saturated heterocycles. The molecular formula is C57H39N11. The third-order valence-corrected chi connectivity index (χ3v) is 12.4. The summed E-state index contributed by atoms with van der Waals surface area (Å²) in [6.07, 6.45) is 0. The second-order valence-electron chi connectivity index (χ2n) is 16.9. The average molecular weight is 878 g/mol. The number of nitrogens with zero attached hydrogens (tertiary/aromatic N) is 11. The van der Waals surface area contributed by atoms with Gasteiger partial charge in [-0.25, -0.2) is 39.9 Å². The molecular weight excluding hydrogens is 839 g/mol. The standard InChI is InChI=1S/C57H39N11/c1-33-59-34(2)62-55(61-33)39-23-25-51-44(27-39)42-19-11-13-21-49(42)67(51)53-29-41(57-65-47(37-15-7-5-8-16-37)31-48(66-57)38-17-9-6-10-18-38)30-54(46(53)32-58)68-50-22-14-12-20-43(50)45-28-40(24-26-52(45)68)56-63-35(3)60-36(4)64-56/h5-31H,1-4H3. The van der Waals surface area contributed by atoms with Crippen LogP contribution >= 0.6 is 0 Å². The van der Waals surface area contributed by atoms with Crippen molar-refractivity contribution in [3.63, 3.8) is 0 Å². The maximum atomic E-state index is 11.7. The van der Waals surface area contributed by atoms with E-state index in [2.05, 4.69) is 110 Å². The van der Waals surface area contributed by atoms with Crippen molar-refractivity contribution in [1.29, 1.82) is 5.26 Å². The van der Waals surface area contributed by atoms with Crippen molar-refractivity contribution in [2.75, 3.05) is 0 Å². The van der Waals surface area contributed by atoms with Crippen LogP contribution in [-0.4, -0.2) is 49.0 Å². The molecule has 0 fully saturated rings. The maximum absolute atomic E-state index is 11.7. The third kappa shape index (κ3) is 6.82. The Bertz CT molecular complexity index is 3750. The van der Waals surface area contributed by atoms with Crippen LogP contribution in [0, 0.1) is 39.0 Å². The molecule has 0 saturated carbocycles. The lowest BCUT2D eigenvalue weighted by molar-refractivity contribution is 0.928. The largest absolute Gasteiger partial charge is 0.308 e. The lowest BCUT2D eigenvalue weighted by Gasteiger charge is -2.18. The SMILES string of the molecule is Cc1nc(C)nc(-c2ccc3c(c2)c2ccccc2n3-c2cc(-c3nc(-c4ccccc4)cc(-c4ccccc4)n3)cc(-n3c4ccccc4c4cc(-c5nc(C)nc(C)n5)ccc43)c2C#N)n1. The number of nitriles is 1. The third-order valence-electron chi connectivity index (χ3n) is 12.4. The lowest BCUT2D eigenvalue weighted by Crippen LogP contribution is -2.06. The van der Waals surface area contributed by atoms with Crippen molar-refractivity contribution < 1.29 is 0 Å². The summed E-state index contributed by atoms with van der Waals surface area (Å²) in [7, 11) is 0. The zero-order chi connectivity index (χ0) is 46.0. The fourth-order valence-corrected chi connectivity index (χ4v) is 9.53. The Morgan fingerprint density at radius 2 is 0.721 bits per heavy atom. The fraction of sp³-hybridized carbons (Fsp3) is 0.0702. The fourth-order valence-electron chi connectivity index (χ4n) is 9.53. The number of rotatable bonds is 7. The summed E-state index contributed by atoms with van der Waals surface area (Å²) in [5, 5.41) is 15.7. The number of para-hydroxylation sites is 2. The zero-order valence-electron chi connectivity index (χ0n) is 37.5. The molecule has 12 rings (SSSR count). The summed E-state index contributed by atoms with van der Waals surface area (Å²) in [4.78, 5) is 38.3. The Balaban J connectivity index is 1.18. The van der Waals surface area contributed by atoms with Gasteiger partial charge in [0.1, 0.15) is 34.9 Å². The van der Waals surface area contributed by atoms with Gasteiger partial charge in [0, 0.05) is 49.4 Å². The van der Waals surface area contributed by atoms with Gasteiger partial charge in [-0.15, -0.1) is 0 Å². The van der Waals surface area contributed by atoms with Gasteiger partial charge in [0.2, 0.25) is 0 Å². The predicted molar refractivity (Wildman–Crippen MR) is 268 cm³/mol. The quantitative estimate of drug-likeness (QED) is 0.153. The first kappa shape index (κ1) is 40.3. The maximum Gasteiger partial charge on any atom is 0.163 e. The highest BCUT2D eigenvalue weighted by atomic mass is 15.0. The first-order chi connectivity index (χ1) is 33.3. The molecule has 11 nitrogen and oxygen atoms in total. The first-order valence-electron chi connectivity index (χ1n) is 22.3. The summed E-state index contributed by atoms with van der Waals surface area (Å²) < 4.78 is 4.39. The highest BCUT2D eigenvalue weighted by Crippen LogP contribution is 2.42. The van der Waals surface area contributed by atoms with Crippen LogP contribution in [-0.2, 0) is 0 Å². The van der Waals surface area contributed by atoms with Gasteiger partial charge in [0.05, 0.1) is 44.8 Å². The summed E-state index contributed by atoms with van der Waals surface area (Å²) >= 11 is 0. The molecule has 5 aromatic heterocycles. The van der Waals surface area contributed by atoms with Crippen LogP contribution in [0.4, 0.5) is 0 Å². The molecule has 322 valence electrons. The van der Waals surface area contributed by atoms with E-state index in [4.69, 9.17) is 29.9 Å². The average Bonchev–Trinajstić information content (AvgIpc) is 3.88. The van der Waals surface area contributed by atoms with Crippen LogP contribution in [0.3, 0.4) is 0 Å². The Morgan fingerprint density at radius 1 is 0.338 bits per heavy atom. The molecule has 68 heavy (non-hydrogen) atoms. The highest BCUT2D eigenvalue weighted by molar-refractivity contribution is 6.12. The monoisotopic (exact) mass is 877 g/mol. The van der Waals surface area contributed by atoms with Gasteiger partial charge in [-0.2, -0.15) is 5.26 Å². The van der Waals surface area contributed by atoms with Crippen molar-refractivity contribution in [3.8, 4) is 74.1 Å². The Morgan fingerprint density at radius 3 is 1.15 bits per heavy atom. The van der Waals surface area contributed by atoms with E-state index in [9.17, 15) is 5.26 Å². The Kier molecular flexibility index (Phi) is 9.48. The van der Waals surface area contributed by atoms with Crippen molar-refractivity contribution in [2.24, 2.45) is 0 Å². The van der Waals surface area contributed by atoms with Crippen LogP contribution < -0.4 is 0 Å². The van der Waals surface area contributed by atoms with Gasteiger partial charge in [-0.3, -0.25) is 0 Å². The van der Waals surface area contributed by atoms with E-state index in [1.165, 1.54) is 0 Å². The number of hydrogen-bond donors (Lipinski definition) is 0. The van der Waals surface area contributed by atoms with Crippen LogP contribution in [0.1, 0.15) is 28.9 Å². The van der Waals surface area contributed by atoms with Crippen molar-refractivity contribution in [3.05, 3.63) is 193 Å². The number of aryl methyl sites for hydroxylation is 4. The minimum absolute atomic E-state index is 0.474. The lowest BCUT2D eigenvalue weighted by atomic mass is 10.0. The number of benzene rings is 7. The molecule has 0 radical (unpaired) electrons. The molecule has 0 atom stereocenters. The minimum atomic E-state index is 0.474. The smallest absolute Gasteiger partial charge is 0.163 e. The van der Waals surface area contributed by atoms with E-state index < -0.39 is 0 Å². The summed E-state index contributed by atoms with van der Waals surface area (Å²) in [6.45, 7) is 7.52. The minimum Gasteiger partial charge on any atom is -0.308 e. The molecule has 7 aromatic carbocycles. The predicted octanol–water partition coefficient (Wildman–Crippen LogP) is 12.5. The Hall–Kier alpha value is -9.27. The molecule has 11 heteroatoms. The molecule has 0 bridgehead atoms. The van der Waals surface area contributed by atoms with Crippen LogP contribution in [0.15, 0.2) is 164 Å². The topological polar surface area (TPSA) is 137 Å². The zero-order valence-corrected chi connectivity index (χ0v) is 37.5. The molecule has 0 spiro atoms. The van der Waals surface area contributed by atoms with Gasteiger partial charge < -0.3 is 9.13 Å². The first-order valence-corrected chi connectivity index (χ1v) is 22.3. The molecule has 5 heterocycles. The van der Waals surface area contributed by atoms with Crippen molar-refractivity contribution in [2.45, 2.75) is 27.7 Å². The molecule has 0 aliphatic carbocycles. The van der Waals surface area contributed by atoms with Gasteiger partial charge in [0.15, 0.2) is 17.5 Å². The molecule has 12 aromatic rings. The molecule has 0 N–H and O–H groups in total. The van der Waals surface area contributed by atoms with Crippen molar-refractivity contribution in [1.82, 2.24) is 49.0 Å². The highest BCUT2D eigenvalue weighted by Gasteiger charge is 2.25. The summed E-state index contributed by atoms with van der Waals surface area (Å²) in [5.74, 6) is 4.36. The van der Waals surface area contributed by atoms with Crippen molar-refractivity contribution >= 4 is 43.6 Å².